The molecule has 114 valence electrons. The van der Waals surface area contributed by atoms with Gasteiger partial charge in [0.05, 0.1) is 17.2 Å². The first-order valence-corrected chi connectivity index (χ1v) is 8.18. The second-order valence-electron chi connectivity index (χ2n) is 5.52. The summed E-state index contributed by atoms with van der Waals surface area (Å²) in [6, 6.07) is 9.81. The van der Waals surface area contributed by atoms with Gasteiger partial charge in [-0.05, 0) is 37.8 Å². The van der Waals surface area contributed by atoms with E-state index in [9.17, 15) is 9.59 Å². The fourth-order valence-corrected chi connectivity index (χ4v) is 3.54. The summed E-state index contributed by atoms with van der Waals surface area (Å²) in [4.78, 5) is 24.5. The van der Waals surface area contributed by atoms with Crippen LogP contribution < -0.4 is 5.32 Å². The summed E-state index contributed by atoms with van der Waals surface area (Å²) >= 11 is 1.53. The molecule has 0 aliphatic heterocycles. The molecule has 0 bridgehead atoms. The number of amides is 1. The maximum atomic E-state index is 12.4. The molecule has 1 aromatic rings. The molecule has 1 aliphatic rings. The Kier molecular flexibility index (Phi) is 5.28. The molecule has 1 amide bonds. The lowest BCUT2D eigenvalue weighted by Crippen LogP contribution is -2.56. The van der Waals surface area contributed by atoms with Gasteiger partial charge in [0.15, 0.2) is 0 Å². The van der Waals surface area contributed by atoms with E-state index in [1.54, 1.807) is 0 Å². The molecule has 0 heterocycles. The molecule has 1 saturated carbocycles. The number of carbonyl (C=O) groups excluding carboxylic acids is 1. The Bertz CT molecular complexity index is 500. The second-order valence-corrected chi connectivity index (χ2v) is 6.80. The van der Waals surface area contributed by atoms with Crippen molar-refractivity contribution in [2.24, 2.45) is 0 Å². The molecule has 0 spiro atoms. The van der Waals surface area contributed by atoms with Gasteiger partial charge in [0.25, 0.3) is 0 Å². The predicted molar refractivity (Wildman–Crippen MR) is 83.4 cm³/mol. The average molecular weight is 307 g/mol. The largest absolute Gasteiger partial charge is 0.481 e. The van der Waals surface area contributed by atoms with Crippen LogP contribution >= 0.6 is 11.8 Å². The summed E-state index contributed by atoms with van der Waals surface area (Å²) in [7, 11) is 0. The van der Waals surface area contributed by atoms with E-state index in [0.29, 0.717) is 6.42 Å². The van der Waals surface area contributed by atoms with Gasteiger partial charge in [0.2, 0.25) is 5.91 Å². The molecule has 1 unspecified atom stereocenters. The molecule has 1 aliphatic carbocycles. The van der Waals surface area contributed by atoms with Crippen LogP contribution in [0, 0.1) is 0 Å². The van der Waals surface area contributed by atoms with Crippen LogP contribution in [0.1, 0.15) is 39.0 Å². The molecular formula is C16H21NO3S. The highest BCUT2D eigenvalue weighted by Gasteiger charge is 2.41. The van der Waals surface area contributed by atoms with E-state index in [1.165, 1.54) is 11.8 Å². The van der Waals surface area contributed by atoms with E-state index in [1.807, 2.05) is 37.3 Å². The van der Waals surface area contributed by atoms with Crippen molar-refractivity contribution in [1.29, 1.82) is 0 Å². The van der Waals surface area contributed by atoms with Gasteiger partial charge in [0, 0.05) is 4.90 Å². The van der Waals surface area contributed by atoms with Gasteiger partial charge in [0.1, 0.15) is 0 Å². The molecule has 1 atom stereocenters. The maximum absolute atomic E-state index is 12.4. The Morgan fingerprint density at radius 3 is 2.48 bits per heavy atom. The molecule has 21 heavy (non-hydrogen) atoms. The number of carboxylic acid groups (broad SMARTS) is 1. The van der Waals surface area contributed by atoms with Gasteiger partial charge in [-0.25, -0.2) is 0 Å². The van der Waals surface area contributed by atoms with E-state index >= 15 is 0 Å². The van der Waals surface area contributed by atoms with E-state index in [0.717, 1.165) is 24.2 Å². The fraction of sp³-hybridized carbons (Fsp3) is 0.500. The number of hydrogen-bond acceptors (Lipinski definition) is 3. The summed E-state index contributed by atoms with van der Waals surface area (Å²) in [6.45, 7) is 1.98. The summed E-state index contributed by atoms with van der Waals surface area (Å²) in [5, 5.41) is 11.8. The Balaban J connectivity index is 1.98. The van der Waals surface area contributed by atoms with Crippen molar-refractivity contribution in [3.05, 3.63) is 30.3 Å². The van der Waals surface area contributed by atoms with Crippen LogP contribution in [-0.4, -0.2) is 27.8 Å². The van der Waals surface area contributed by atoms with Gasteiger partial charge in [-0.3, -0.25) is 9.59 Å². The molecule has 0 saturated heterocycles. The van der Waals surface area contributed by atoms with Crippen molar-refractivity contribution >= 4 is 23.6 Å². The van der Waals surface area contributed by atoms with E-state index in [-0.39, 0.29) is 17.6 Å². The first-order chi connectivity index (χ1) is 10.0. The van der Waals surface area contributed by atoms with Gasteiger partial charge >= 0.3 is 5.97 Å². The van der Waals surface area contributed by atoms with Crippen molar-refractivity contribution < 1.29 is 14.7 Å². The molecule has 0 radical (unpaired) electrons. The zero-order valence-corrected chi connectivity index (χ0v) is 13.0. The number of rotatable bonds is 7. The zero-order chi connectivity index (χ0) is 15.3. The summed E-state index contributed by atoms with van der Waals surface area (Å²) < 4.78 is 0. The van der Waals surface area contributed by atoms with E-state index in [2.05, 4.69) is 5.32 Å². The number of aliphatic carboxylic acids is 1. The smallest absolute Gasteiger partial charge is 0.305 e. The highest BCUT2D eigenvalue weighted by atomic mass is 32.2. The standard InChI is InChI=1S/C16H21NO3S/c1-2-13(21-12-7-4-3-5-8-12)15(20)17-16(9-6-10-16)11-14(18)19/h3-5,7-8,13H,2,6,9-11H2,1H3,(H,17,20)(H,18,19). The zero-order valence-electron chi connectivity index (χ0n) is 12.2. The van der Waals surface area contributed by atoms with Crippen molar-refractivity contribution in [3.8, 4) is 0 Å². The Labute approximate surface area is 129 Å². The minimum Gasteiger partial charge on any atom is -0.481 e. The predicted octanol–water partition coefficient (Wildman–Crippen LogP) is 3.07. The quantitative estimate of drug-likeness (QED) is 0.760. The number of benzene rings is 1. The molecular weight excluding hydrogens is 286 g/mol. The van der Waals surface area contributed by atoms with Crippen LogP contribution in [0.2, 0.25) is 0 Å². The number of thioether (sulfide) groups is 1. The third kappa shape index (κ3) is 4.24. The van der Waals surface area contributed by atoms with Crippen LogP contribution in [0.4, 0.5) is 0 Å². The van der Waals surface area contributed by atoms with Crippen LogP contribution in [-0.2, 0) is 9.59 Å². The minimum atomic E-state index is -0.848. The lowest BCUT2D eigenvalue weighted by Gasteiger charge is -2.42. The van der Waals surface area contributed by atoms with Crippen molar-refractivity contribution in [2.45, 2.75) is 54.7 Å². The minimum absolute atomic E-state index is 0.0190. The van der Waals surface area contributed by atoms with Gasteiger partial charge in [-0.15, -0.1) is 11.8 Å². The number of hydrogen-bond donors (Lipinski definition) is 2. The summed E-state index contributed by atoms with van der Waals surface area (Å²) in [5.74, 6) is -0.897. The highest BCUT2D eigenvalue weighted by Crippen LogP contribution is 2.36. The van der Waals surface area contributed by atoms with Crippen molar-refractivity contribution in [1.82, 2.24) is 5.32 Å². The SMILES string of the molecule is CCC(Sc1ccccc1)C(=O)NC1(CC(=O)O)CCC1. The highest BCUT2D eigenvalue weighted by molar-refractivity contribution is 8.00. The Morgan fingerprint density at radius 2 is 2.00 bits per heavy atom. The topological polar surface area (TPSA) is 66.4 Å². The molecule has 5 heteroatoms. The molecule has 2 N–H and O–H groups in total. The lowest BCUT2D eigenvalue weighted by atomic mass is 9.74. The molecule has 1 fully saturated rings. The van der Waals surface area contributed by atoms with Crippen molar-refractivity contribution in [3.63, 3.8) is 0 Å². The summed E-state index contributed by atoms with van der Waals surface area (Å²) in [6.07, 6.45) is 3.24. The molecule has 4 nitrogen and oxygen atoms in total. The van der Waals surface area contributed by atoms with Gasteiger partial charge in [-0.2, -0.15) is 0 Å². The number of carboxylic acids is 1. The van der Waals surface area contributed by atoms with Crippen LogP contribution in [0.5, 0.6) is 0 Å². The molecule has 1 aromatic carbocycles. The fourth-order valence-electron chi connectivity index (χ4n) is 2.57. The number of carbonyl (C=O) groups is 2. The molecule has 2 rings (SSSR count). The van der Waals surface area contributed by atoms with E-state index in [4.69, 9.17) is 5.11 Å². The van der Waals surface area contributed by atoms with E-state index < -0.39 is 11.5 Å². The second kappa shape index (κ2) is 6.98. The third-order valence-electron chi connectivity index (χ3n) is 3.87. The van der Waals surface area contributed by atoms with Gasteiger partial charge < -0.3 is 10.4 Å². The normalized spacial score (nSPS) is 17.6. The first-order valence-electron chi connectivity index (χ1n) is 7.30. The third-order valence-corrected chi connectivity index (χ3v) is 5.25. The lowest BCUT2D eigenvalue weighted by molar-refractivity contribution is -0.140. The monoisotopic (exact) mass is 307 g/mol. The first kappa shape index (κ1) is 15.9. The van der Waals surface area contributed by atoms with Crippen LogP contribution in [0.25, 0.3) is 0 Å². The Morgan fingerprint density at radius 1 is 1.33 bits per heavy atom. The van der Waals surface area contributed by atoms with Crippen molar-refractivity contribution in [2.75, 3.05) is 0 Å². The maximum Gasteiger partial charge on any atom is 0.305 e. The van der Waals surface area contributed by atoms with Gasteiger partial charge in [-0.1, -0.05) is 25.1 Å². The average Bonchev–Trinajstić information content (AvgIpc) is 2.42. The van der Waals surface area contributed by atoms with Crippen LogP contribution in [0.15, 0.2) is 35.2 Å². The number of nitrogens with one attached hydrogen (secondary N) is 1. The van der Waals surface area contributed by atoms with Crippen LogP contribution in [0.3, 0.4) is 0 Å². The molecule has 0 aromatic heterocycles. The summed E-state index contributed by atoms with van der Waals surface area (Å²) in [5.41, 5.74) is -0.520. The Hall–Kier alpha value is -1.49.